The Morgan fingerprint density at radius 3 is 2.75 bits per heavy atom. The Morgan fingerprint density at radius 1 is 1.58 bits per heavy atom. The summed E-state index contributed by atoms with van der Waals surface area (Å²) in [6, 6.07) is 0. The van der Waals surface area contributed by atoms with Gasteiger partial charge in [-0.2, -0.15) is 0 Å². The van der Waals surface area contributed by atoms with Crippen LogP contribution in [0.1, 0.15) is 32.6 Å². The van der Waals surface area contributed by atoms with Gasteiger partial charge in [-0.05, 0) is 37.0 Å². The average Bonchev–Trinajstić information content (AvgIpc) is 1.94. The van der Waals surface area contributed by atoms with Crippen LogP contribution in [0.3, 0.4) is 0 Å². The van der Waals surface area contributed by atoms with Crippen LogP contribution < -0.4 is 0 Å². The van der Waals surface area contributed by atoms with Gasteiger partial charge in [0.1, 0.15) is 0 Å². The molecule has 0 aromatic rings. The van der Waals surface area contributed by atoms with Crippen molar-refractivity contribution in [2.45, 2.75) is 32.6 Å². The third-order valence-corrected chi connectivity index (χ3v) is 4.61. The first-order valence-electron chi connectivity index (χ1n) is 5.02. The van der Waals surface area contributed by atoms with E-state index in [1.807, 2.05) is 0 Å². The molecular weight excluding hydrogens is 148 g/mol. The first-order valence-corrected chi connectivity index (χ1v) is 5.02. The number of rotatable bonds is 1. The Hall–Kier alpha value is -0.300. The fraction of sp³-hybridized carbons (Fsp3) is 0.818. The molecule has 2 fully saturated rings. The largest absolute Gasteiger partial charge is 0.395 e. The maximum absolute atomic E-state index is 9.33. The number of aliphatic hydroxyl groups excluding tert-OH is 1. The van der Waals surface area contributed by atoms with Gasteiger partial charge < -0.3 is 5.11 Å². The van der Waals surface area contributed by atoms with Crippen molar-refractivity contribution in [2.24, 2.45) is 16.7 Å². The molecule has 0 aromatic carbocycles. The molecule has 0 aliphatic heterocycles. The number of hydrogen-bond acceptors (Lipinski definition) is 1. The van der Waals surface area contributed by atoms with Gasteiger partial charge in [0.05, 0.1) is 6.61 Å². The van der Waals surface area contributed by atoms with Gasteiger partial charge in [0, 0.05) is 5.41 Å². The van der Waals surface area contributed by atoms with Gasteiger partial charge in [-0.15, -0.1) is 0 Å². The van der Waals surface area contributed by atoms with Gasteiger partial charge in [-0.3, -0.25) is 0 Å². The van der Waals surface area contributed by atoms with Crippen molar-refractivity contribution in [1.29, 1.82) is 0 Å². The quantitative estimate of drug-likeness (QED) is 0.588. The van der Waals surface area contributed by atoms with E-state index in [1.54, 1.807) is 5.57 Å². The van der Waals surface area contributed by atoms with E-state index >= 15 is 0 Å². The number of fused-ring (bicyclic) bond motifs is 1. The molecule has 1 atom stereocenters. The van der Waals surface area contributed by atoms with Crippen LogP contribution in [0.25, 0.3) is 0 Å². The molecule has 1 nitrogen and oxygen atoms in total. The molecule has 12 heavy (non-hydrogen) atoms. The number of hydrogen-bond donors (Lipinski definition) is 1. The van der Waals surface area contributed by atoms with E-state index < -0.39 is 0 Å². The molecule has 0 heterocycles. The SMILES string of the molecule is CC1(CO)C=C2CCC23CC1C3. The summed E-state index contributed by atoms with van der Waals surface area (Å²) in [6.07, 6.45) is 7.86. The molecule has 4 aliphatic rings. The molecule has 0 aromatic heterocycles. The summed E-state index contributed by atoms with van der Waals surface area (Å²) in [5.74, 6) is 0.784. The third-order valence-electron chi connectivity index (χ3n) is 4.61. The lowest BCUT2D eigenvalue weighted by molar-refractivity contribution is -0.0629. The van der Waals surface area contributed by atoms with Gasteiger partial charge in [0.2, 0.25) is 0 Å². The van der Waals surface area contributed by atoms with Gasteiger partial charge in [0.15, 0.2) is 0 Å². The zero-order valence-corrected chi connectivity index (χ0v) is 7.64. The second kappa shape index (κ2) is 1.79. The lowest BCUT2D eigenvalue weighted by Crippen LogP contribution is -2.55. The smallest absolute Gasteiger partial charge is 0.0522 e. The highest BCUT2D eigenvalue weighted by Crippen LogP contribution is 2.70. The highest BCUT2D eigenvalue weighted by atomic mass is 16.3. The first-order chi connectivity index (χ1) is 5.69. The summed E-state index contributed by atoms with van der Waals surface area (Å²) in [4.78, 5) is 0. The van der Waals surface area contributed by atoms with E-state index in [0.717, 1.165) is 5.92 Å². The van der Waals surface area contributed by atoms with Crippen molar-refractivity contribution < 1.29 is 5.11 Å². The van der Waals surface area contributed by atoms with E-state index in [2.05, 4.69) is 13.0 Å². The van der Waals surface area contributed by atoms with Crippen LogP contribution >= 0.6 is 0 Å². The van der Waals surface area contributed by atoms with Crippen LogP contribution in [0.15, 0.2) is 11.6 Å². The Labute approximate surface area is 73.5 Å². The molecule has 4 aliphatic carbocycles. The van der Waals surface area contributed by atoms with Crippen LogP contribution in [0.4, 0.5) is 0 Å². The van der Waals surface area contributed by atoms with Crippen LogP contribution in [0.2, 0.25) is 0 Å². The van der Waals surface area contributed by atoms with Gasteiger partial charge in [-0.1, -0.05) is 18.6 Å². The monoisotopic (exact) mass is 164 g/mol. The maximum Gasteiger partial charge on any atom is 0.0522 e. The summed E-state index contributed by atoms with van der Waals surface area (Å²) in [6.45, 7) is 2.56. The Kier molecular flexibility index (Phi) is 1.07. The van der Waals surface area contributed by atoms with Crippen molar-refractivity contribution in [1.82, 2.24) is 0 Å². The fourth-order valence-corrected chi connectivity index (χ4v) is 3.35. The highest BCUT2D eigenvalue weighted by molar-refractivity contribution is 5.36. The summed E-state index contributed by atoms with van der Waals surface area (Å²) in [7, 11) is 0. The Balaban J connectivity index is 2.02. The molecule has 2 bridgehead atoms. The van der Waals surface area contributed by atoms with Crippen molar-refractivity contribution in [3.8, 4) is 0 Å². The molecule has 1 unspecified atom stereocenters. The molecule has 0 saturated heterocycles. The van der Waals surface area contributed by atoms with E-state index in [4.69, 9.17) is 0 Å². The third kappa shape index (κ3) is 0.576. The summed E-state index contributed by atoms with van der Waals surface area (Å²) in [5, 5.41) is 9.33. The van der Waals surface area contributed by atoms with E-state index in [0.29, 0.717) is 12.0 Å². The van der Waals surface area contributed by atoms with Crippen LogP contribution in [-0.4, -0.2) is 11.7 Å². The van der Waals surface area contributed by atoms with Crippen molar-refractivity contribution in [3.05, 3.63) is 11.6 Å². The minimum absolute atomic E-state index is 0.136. The lowest BCUT2D eigenvalue weighted by atomic mass is 9.40. The molecule has 1 spiro atoms. The Morgan fingerprint density at radius 2 is 2.33 bits per heavy atom. The molecule has 2 saturated carbocycles. The van der Waals surface area contributed by atoms with Crippen molar-refractivity contribution >= 4 is 0 Å². The zero-order chi connectivity index (χ0) is 8.40. The molecular formula is C11H16O. The second-order valence-corrected chi connectivity index (χ2v) is 5.22. The van der Waals surface area contributed by atoms with Gasteiger partial charge >= 0.3 is 0 Å². The molecule has 0 amide bonds. The summed E-state index contributed by atoms with van der Waals surface area (Å²) >= 11 is 0. The van der Waals surface area contributed by atoms with Crippen molar-refractivity contribution in [3.63, 3.8) is 0 Å². The molecule has 1 N–H and O–H groups in total. The highest BCUT2D eigenvalue weighted by Gasteiger charge is 2.59. The van der Waals surface area contributed by atoms with Crippen LogP contribution in [0, 0.1) is 16.7 Å². The van der Waals surface area contributed by atoms with E-state index in [-0.39, 0.29) is 5.41 Å². The minimum Gasteiger partial charge on any atom is -0.395 e. The Bertz CT molecular complexity index is 260. The molecule has 4 rings (SSSR count). The number of aliphatic hydroxyl groups is 1. The summed E-state index contributed by atoms with van der Waals surface area (Å²) < 4.78 is 0. The predicted octanol–water partition coefficient (Wildman–Crippen LogP) is 2.12. The topological polar surface area (TPSA) is 20.2 Å². The minimum atomic E-state index is 0.136. The van der Waals surface area contributed by atoms with Crippen LogP contribution in [0.5, 0.6) is 0 Å². The molecule has 0 radical (unpaired) electrons. The average molecular weight is 164 g/mol. The van der Waals surface area contributed by atoms with Gasteiger partial charge in [0.25, 0.3) is 0 Å². The van der Waals surface area contributed by atoms with Crippen LogP contribution in [-0.2, 0) is 0 Å². The van der Waals surface area contributed by atoms with E-state index in [9.17, 15) is 5.11 Å². The lowest BCUT2D eigenvalue weighted by Gasteiger charge is -2.64. The van der Waals surface area contributed by atoms with E-state index in [1.165, 1.54) is 25.7 Å². The normalized spacial score (nSPS) is 54.8. The zero-order valence-electron chi connectivity index (χ0n) is 7.64. The maximum atomic E-state index is 9.33. The standard InChI is InChI=1S/C11H16O/c1-10(7-12)4-8-2-3-11(8)5-9(10)6-11/h4,9,12H,2-3,5-7H2,1H3. The van der Waals surface area contributed by atoms with Gasteiger partial charge in [-0.25, -0.2) is 0 Å². The molecule has 1 heteroatoms. The first kappa shape index (κ1) is 7.14. The second-order valence-electron chi connectivity index (χ2n) is 5.22. The fourth-order valence-electron chi connectivity index (χ4n) is 3.35. The number of allylic oxidation sites excluding steroid dienone is 1. The summed E-state index contributed by atoms with van der Waals surface area (Å²) in [5.41, 5.74) is 2.47. The predicted molar refractivity (Wildman–Crippen MR) is 47.7 cm³/mol. The van der Waals surface area contributed by atoms with Crippen molar-refractivity contribution in [2.75, 3.05) is 6.61 Å². The molecule has 66 valence electrons.